The smallest absolute Gasteiger partial charge is 0.335 e. The van der Waals surface area contributed by atoms with Crippen molar-refractivity contribution < 1.29 is 15.0 Å². The SMILES string of the molecule is O=C(O)c1cccc(CNCCCCCCO)c1. The van der Waals surface area contributed by atoms with Gasteiger partial charge in [-0.15, -0.1) is 0 Å². The minimum Gasteiger partial charge on any atom is -0.478 e. The van der Waals surface area contributed by atoms with Crippen molar-refractivity contribution in [3.8, 4) is 0 Å². The highest BCUT2D eigenvalue weighted by Gasteiger charge is 2.02. The molecule has 0 saturated heterocycles. The van der Waals surface area contributed by atoms with E-state index < -0.39 is 5.97 Å². The van der Waals surface area contributed by atoms with Gasteiger partial charge in [0.2, 0.25) is 0 Å². The number of carboxylic acids is 1. The Balaban J connectivity index is 2.19. The van der Waals surface area contributed by atoms with Crippen molar-refractivity contribution in [2.45, 2.75) is 32.2 Å². The van der Waals surface area contributed by atoms with E-state index in [1.807, 2.05) is 6.07 Å². The third kappa shape index (κ3) is 5.80. The molecule has 4 heteroatoms. The van der Waals surface area contributed by atoms with Crippen LogP contribution in [0.2, 0.25) is 0 Å². The molecule has 0 amide bonds. The Kier molecular flexibility index (Phi) is 7.06. The van der Waals surface area contributed by atoms with Gasteiger partial charge in [0.1, 0.15) is 0 Å². The van der Waals surface area contributed by atoms with Crippen molar-refractivity contribution in [2.75, 3.05) is 13.2 Å². The largest absolute Gasteiger partial charge is 0.478 e. The first kappa shape index (κ1) is 14.7. The predicted octanol–water partition coefficient (Wildman–Crippen LogP) is 2.03. The van der Waals surface area contributed by atoms with Gasteiger partial charge < -0.3 is 15.5 Å². The molecule has 0 aliphatic heterocycles. The van der Waals surface area contributed by atoms with Gasteiger partial charge in [-0.2, -0.15) is 0 Å². The molecular formula is C14H21NO3. The van der Waals surface area contributed by atoms with Crippen molar-refractivity contribution >= 4 is 5.97 Å². The second-order valence-corrected chi connectivity index (χ2v) is 4.32. The summed E-state index contributed by atoms with van der Waals surface area (Å²) in [4.78, 5) is 10.8. The van der Waals surface area contributed by atoms with Gasteiger partial charge in [0.05, 0.1) is 5.56 Å². The number of carbonyl (C=O) groups is 1. The van der Waals surface area contributed by atoms with E-state index in [2.05, 4.69) is 5.32 Å². The number of unbranched alkanes of at least 4 members (excludes halogenated alkanes) is 3. The number of aromatic carboxylic acids is 1. The summed E-state index contributed by atoms with van der Waals surface area (Å²) in [6.45, 7) is 1.89. The third-order valence-corrected chi connectivity index (χ3v) is 2.76. The van der Waals surface area contributed by atoms with Gasteiger partial charge in [0, 0.05) is 13.2 Å². The van der Waals surface area contributed by atoms with Crippen LogP contribution in [0, 0.1) is 0 Å². The zero-order chi connectivity index (χ0) is 13.2. The monoisotopic (exact) mass is 251 g/mol. The fourth-order valence-corrected chi connectivity index (χ4v) is 1.76. The van der Waals surface area contributed by atoms with Crippen LogP contribution in [0.25, 0.3) is 0 Å². The summed E-state index contributed by atoms with van der Waals surface area (Å²) in [5, 5.41) is 20.8. The van der Waals surface area contributed by atoms with Crippen molar-refractivity contribution in [1.29, 1.82) is 0 Å². The standard InChI is InChI=1S/C14H21NO3/c16-9-4-2-1-3-8-15-11-12-6-5-7-13(10-12)14(17)18/h5-7,10,15-16H,1-4,8-9,11H2,(H,17,18). The quantitative estimate of drug-likeness (QED) is 0.587. The summed E-state index contributed by atoms with van der Waals surface area (Å²) in [5.41, 5.74) is 1.32. The lowest BCUT2D eigenvalue weighted by molar-refractivity contribution is 0.0696. The first-order chi connectivity index (χ1) is 8.74. The lowest BCUT2D eigenvalue weighted by Crippen LogP contribution is -2.15. The summed E-state index contributed by atoms with van der Waals surface area (Å²) in [5.74, 6) is -0.888. The molecule has 1 rings (SSSR count). The van der Waals surface area contributed by atoms with Gasteiger partial charge in [-0.25, -0.2) is 4.79 Å². The fraction of sp³-hybridized carbons (Fsp3) is 0.500. The molecule has 1 aromatic carbocycles. The number of carboxylic acid groups (broad SMARTS) is 1. The second-order valence-electron chi connectivity index (χ2n) is 4.32. The van der Waals surface area contributed by atoms with Gasteiger partial charge in [-0.3, -0.25) is 0 Å². The molecule has 0 atom stereocenters. The van der Waals surface area contributed by atoms with Crippen LogP contribution >= 0.6 is 0 Å². The van der Waals surface area contributed by atoms with Crippen LogP contribution in [0.3, 0.4) is 0 Å². The highest BCUT2D eigenvalue weighted by atomic mass is 16.4. The van der Waals surface area contributed by atoms with Gasteiger partial charge in [-0.05, 0) is 37.1 Å². The number of nitrogens with one attached hydrogen (secondary N) is 1. The van der Waals surface area contributed by atoms with Crippen LogP contribution in [0.1, 0.15) is 41.6 Å². The van der Waals surface area contributed by atoms with Gasteiger partial charge in [0.25, 0.3) is 0 Å². The average molecular weight is 251 g/mol. The Bertz CT molecular complexity index is 366. The summed E-state index contributed by atoms with van der Waals surface area (Å²) < 4.78 is 0. The molecule has 0 bridgehead atoms. The van der Waals surface area contributed by atoms with Crippen LogP contribution in [-0.2, 0) is 6.54 Å². The van der Waals surface area contributed by atoms with Crippen LogP contribution in [0.5, 0.6) is 0 Å². The fourth-order valence-electron chi connectivity index (χ4n) is 1.76. The summed E-state index contributed by atoms with van der Waals surface area (Å²) in [6, 6.07) is 6.98. The molecule has 0 spiro atoms. The van der Waals surface area contributed by atoms with Crippen molar-refractivity contribution in [3.63, 3.8) is 0 Å². The zero-order valence-corrected chi connectivity index (χ0v) is 10.6. The molecule has 0 saturated carbocycles. The Labute approximate surface area is 108 Å². The highest BCUT2D eigenvalue weighted by molar-refractivity contribution is 5.87. The topological polar surface area (TPSA) is 69.6 Å². The highest BCUT2D eigenvalue weighted by Crippen LogP contribution is 2.05. The Morgan fingerprint density at radius 2 is 1.94 bits per heavy atom. The maximum absolute atomic E-state index is 10.8. The molecule has 0 aliphatic rings. The van der Waals surface area contributed by atoms with Crippen molar-refractivity contribution in [2.24, 2.45) is 0 Å². The number of rotatable bonds is 9. The summed E-state index contributed by atoms with van der Waals surface area (Å²) in [7, 11) is 0. The number of benzene rings is 1. The van der Waals surface area contributed by atoms with Crippen LogP contribution < -0.4 is 5.32 Å². The first-order valence-corrected chi connectivity index (χ1v) is 6.38. The maximum atomic E-state index is 10.8. The second kappa shape index (κ2) is 8.66. The lowest BCUT2D eigenvalue weighted by Gasteiger charge is -2.05. The lowest BCUT2D eigenvalue weighted by atomic mass is 10.1. The number of hydrogen-bond donors (Lipinski definition) is 3. The van der Waals surface area contributed by atoms with E-state index in [9.17, 15) is 4.79 Å². The summed E-state index contributed by atoms with van der Waals surface area (Å²) >= 11 is 0. The van der Waals surface area contributed by atoms with Crippen molar-refractivity contribution in [3.05, 3.63) is 35.4 Å². The molecule has 0 aromatic heterocycles. The molecule has 0 fully saturated rings. The van der Waals surface area contributed by atoms with E-state index in [1.54, 1.807) is 18.2 Å². The molecular weight excluding hydrogens is 230 g/mol. The summed E-state index contributed by atoms with van der Waals surface area (Å²) in [6.07, 6.45) is 4.13. The molecule has 1 aromatic rings. The van der Waals surface area contributed by atoms with Crippen LogP contribution in [0.4, 0.5) is 0 Å². The number of aliphatic hydroxyl groups is 1. The van der Waals surface area contributed by atoms with E-state index in [-0.39, 0.29) is 6.61 Å². The minimum absolute atomic E-state index is 0.273. The maximum Gasteiger partial charge on any atom is 0.335 e. The minimum atomic E-state index is -0.888. The molecule has 0 aliphatic carbocycles. The van der Waals surface area contributed by atoms with E-state index in [1.165, 1.54) is 0 Å². The van der Waals surface area contributed by atoms with E-state index in [0.717, 1.165) is 37.8 Å². The van der Waals surface area contributed by atoms with Crippen LogP contribution in [-0.4, -0.2) is 29.3 Å². The molecule has 0 heterocycles. The molecule has 100 valence electrons. The Morgan fingerprint density at radius 1 is 1.17 bits per heavy atom. The van der Waals surface area contributed by atoms with Gasteiger partial charge in [0.15, 0.2) is 0 Å². The molecule has 18 heavy (non-hydrogen) atoms. The van der Waals surface area contributed by atoms with Crippen LogP contribution in [0.15, 0.2) is 24.3 Å². The number of hydrogen-bond acceptors (Lipinski definition) is 3. The number of aliphatic hydroxyl groups excluding tert-OH is 1. The molecule has 0 radical (unpaired) electrons. The van der Waals surface area contributed by atoms with Gasteiger partial charge >= 0.3 is 5.97 Å². The molecule has 3 N–H and O–H groups in total. The zero-order valence-electron chi connectivity index (χ0n) is 10.6. The molecule has 0 unspecified atom stereocenters. The third-order valence-electron chi connectivity index (χ3n) is 2.76. The predicted molar refractivity (Wildman–Crippen MR) is 70.7 cm³/mol. The van der Waals surface area contributed by atoms with E-state index >= 15 is 0 Å². The van der Waals surface area contributed by atoms with Gasteiger partial charge in [-0.1, -0.05) is 25.0 Å². The van der Waals surface area contributed by atoms with E-state index in [4.69, 9.17) is 10.2 Å². The molecule has 4 nitrogen and oxygen atoms in total. The first-order valence-electron chi connectivity index (χ1n) is 6.38. The van der Waals surface area contributed by atoms with E-state index in [0.29, 0.717) is 12.1 Å². The average Bonchev–Trinajstić information content (AvgIpc) is 2.38. The Morgan fingerprint density at radius 3 is 2.67 bits per heavy atom. The van der Waals surface area contributed by atoms with Crippen molar-refractivity contribution in [1.82, 2.24) is 5.32 Å². The normalized spacial score (nSPS) is 10.5. The Hall–Kier alpha value is -1.39.